The topological polar surface area (TPSA) is 292 Å². The third-order valence-corrected chi connectivity index (χ3v) is 20.4. The van der Waals surface area contributed by atoms with Gasteiger partial charge in [-0.15, -0.1) is 4.91 Å². The van der Waals surface area contributed by atoms with E-state index in [-0.39, 0.29) is 75.3 Å². The fraction of sp³-hybridized carbons (Fsp3) is 0.487. The number of halogens is 13. The van der Waals surface area contributed by atoms with Gasteiger partial charge in [-0.2, -0.15) is 52.7 Å². The Morgan fingerprint density at radius 3 is 1.22 bits per heavy atom. The van der Waals surface area contributed by atoms with Gasteiger partial charge in [0.25, 0.3) is 0 Å². The number of aromatic nitrogens is 4. The molecule has 0 amide bonds. The predicted octanol–water partition coefficient (Wildman–Crippen LogP) is 13.5. The summed E-state index contributed by atoms with van der Waals surface area (Å²) in [6.45, 7) is 18.4. The number of alkyl halides is 12. The van der Waals surface area contributed by atoms with E-state index in [1.807, 2.05) is 16.8 Å². The van der Waals surface area contributed by atoms with Crippen LogP contribution in [0.25, 0.3) is 49.1 Å². The second-order valence-corrected chi connectivity index (χ2v) is 28.0. The number of rotatable bonds is 19. The van der Waals surface area contributed by atoms with Crippen LogP contribution in [-0.2, 0) is 48.6 Å². The molecule has 0 saturated carbocycles. The largest absolute Gasteiger partial charge is 1.00 e. The molecule has 4 aromatic carbocycles. The fourth-order valence-corrected chi connectivity index (χ4v) is 13.8. The Balaban J connectivity index is 0.000000254. The number of carbonyl (C=O) groups excluding carboxylic acids is 3. The molecule has 12 rings (SSSR count). The van der Waals surface area contributed by atoms with Crippen LogP contribution >= 0.6 is 15.9 Å². The maximum Gasteiger partial charge on any atom is 1.00 e. The standard InChI is InChI=1S/C22H28F3N3O.C18H19F3N2O2.C16H15F3N2O2.C10H5BrF3N.C7H13NO.C5H14N2.H2N5O.Na/c1-3-27(2)13-5-7-20(29)16-10-14-28(15-11-16)19-9-8-18(22(23,24)25)21-17(19)6-4-12-26-21;1-2-25-17(24)12-7-10-23(11-8-12)15-6-5-14(18(19,20)21)16-13(15)4-3-9-22-16;17-16(18,19)12-3-4-13(11-2-1-7-20-14(11)12)21-8-5-10(6-9-21)15(22)23;11-8-4-3-7(10(12,13)14)9-6(8)2-1-5-15-9;1-6(9)7-2-4-8-5-3-7;1-3-7(2)5-4-6;1-2-3-4-5-6;/h4,6,8-9,12,16H,3,5,7,10-11,13-15H2,1-2H3;3-6,9,12H,2,7-8,10-11H2,1H3;1-4,7,10H,5-6,8-9H2,(H,22,23);1-5H;7-8H,2-5H2,1H3;3-6H2,1-2H3;(H2-,1,2,3,4,5,6);/q;;;;;;-1;+1. The normalized spacial score (nSPS) is 15.1. The first kappa shape index (κ1) is 97.1. The molecule has 4 aliphatic rings. The molecule has 0 radical (unpaired) electrons. The molecule has 4 aromatic heterocycles. The minimum atomic E-state index is -4.46. The van der Waals surface area contributed by atoms with E-state index in [1.165, 1.54) is 49.1 Å². The third kappa shape index (κ3) is 29.3. The summed E-state index contributed by atoms with van der Waals surface area (Å²) in [7, 11) is 4.11. The first-order chi connectivity index (χ1) is 54.1. The summed E-state index contributed by atoms with van der Waals surface area (Å²) >= 11 is 3.19. The molecule has 0 atom stereocenters. The number of anilines is 3. The van der Waals surface area contributed by atoms with Crippen LogP contribution in [0.2, 0.25) is 0 Å². The molecule has 4 aliphatic heterocycles. The molecular formula is C78H96BrF12N16NaO7. The van der Waals surface area contributed by atoms with Crippen molar-refractivity contribution in [3.05, 3.63) is 159 Å². The maximum absolute atomic E-state index is 13.3. The number of nitroso groups, excluding NO2 is 1. The van der Waals surface area contributed by atoms with Gasteiger partial charge in [-0.05, 0) is 209 Å². The number of pyridine rings is 4. The van der Waals surface area contributed by atoms with Crippen LogP contribution in [-0.4, -0.2) is 164 Å². The van der Waals surface area contributed by atoms with Crippen molar-refractivity contribution < 1.29 is 111 Å². The Bertz CT molecular complexity index is 4400. The molecule has 622 valence electrons. The summed E-state index contributed by atoms with van der Waals surface area (Å²) < 4.78 is 162. The van der Waals surface area contributed by atoms with Crippen molar-refractivity contribution in [1.82, 2.24) is 46.1 Å². The van der Waals surface area contributed by atoms with Crippen molar-refractivity contribution in [1.29, 1.82) is 0 Å². The molecule has 8 heterocycles. The van der Waals surface area contributed by atoms with E-state index >= 15 is 0 Å². The number of aliphatic carboxylic acids is 1. The van der Waals surface area contributed by atoms with Crippen molar-refractivity contribution in [2.75, 3.05) is 120 Å². The van der Waals surface area contributed by atoms with Crippen molar-refractivity contribution in [2.45, 2.75) is 117 Å². The maximum atomic E-state index is 13.3. The Morgan fingerprint density at radius 2 is 0.904 bits per heavy atom. The number of fused-ring (bicyclic) bond motifs is 4. The van der Waals surface area contributed by atoms with E-state index in [4.69, 9.17) is 26.0 Å². The molecule has 8 aromatic rings. The number of hydrogen-bond acceptors (Lipinski definition) is 19. The van der Waals surface area contributed by atoms with Gasteiger partial charge in [-0.3, -0.25) is 44.3 Å². The van der Waals surface area contributed by atoms with Crippen LogP contribution in [0, 0.1) is 28.6 Å². The van der Waals surface area contributed by atoms with E-state index in [2.05, 4.69) is 87.3 Å². The van der Waals surface area contributed by atoms with Gasteiger partial charge in [0.15, 0.2) is 0 Å². The predicted molar refractivity (Wildman–Crippen MR) is 418 cm³/mol. The molecule has 37 heteroatoms. The molecule has 115 heavy (non-hydrogen) atoms. The molecule has 4 saturated heterocycles. The molecule has 23 nitrogen and oxygen atoms in total. The summed E-state index contributed by atoms with van der Waals surface area (Å²) in [5, 5.41) is 18.5. The van der Waals surface area contributed by atoms with Crippen LogP contribution in [0.15, 0.2) is 137 Å². The number of piperidine rings is 4. The Hall–Kier alpha value is -8.52. The smallest absolute Gasteiger partial charge is 0.481 e. The van der Waals surface area contributed by atoms with E-state index in [0.717, 1.165) is 114 Å². The van der Waals surface area contributed by atoms with Crippen LogP contribution < -0.4 is 66.4 Å². The summed E-state index contributed by atoms with van der Waals surface area (Å²) in [5.41, 5.74) is 15.1. The van der Waals surface area contributed by atoms with E-state index in [0.29, 0.717) is 127 Å². The van der Waals surface area contributed by atoms with Gasteiger partial charge >= 0.3 is 66.2 Å². The number of nitrogens with zero attached hydrogens (tertiary/aromatic N) is 12. The first-order valence-corrected chi connectivity index (χ1v) is 38.0. The number of carboxylic acid groups (broad SMARTS) is 1. The van der Waals surface area contributed by atoms with E-state index < -0.39 is 52.9 Å². The number of ether oxygens (including phenoxy) is 1. The van der Waals surface area contributed by atoms with E-state index in [1.54, 1.807) is 73.4 Å². The molecule has 0 spiro atoms. The average molecular weight is 1700 g/mol. The molecular weight excluding hydrogens is 1600 g/mol. The van der Waals surface area contributed by atoms with Crippen LogP contribution in [0.3, 0.4) is 0 Å². The fourth-order valence-electron chi connectivity index (χ4n) is 13.3. The summed E-state index contributed by atoms with van der Waals surface area (Å²) in [6, 6.07) is 23.2. The second kappa shape index (κ2) is 47.0. The minimum Gasteiger partial charge on any atom is -0.481 e. The zero-order valence-corrected chi connectivity index (χ0v) is 68.7. The zero-order valence-electron chi connectivity index (χ0n) is 65.1. The Morgan fingerprint density at radius 1 is 0.548 bits per heavy atom. The van der Waals surface area contributed by atoms with Crippen molar-refractivity contribution in [2.24, 2.45) is 39.9 Å². The molecule has 0 aliphatic carbocycles. The minimum absolute atomic E-state index is 0. The van der Waals surface area contributed by atoms with Crippen molar-refractivity contribution in [3.63, 3.8) is 0 Å². The second-order valence-electron chi connectivity index (χ2n) is 27.2. The van der Waals surface area contributed by atoms with Gasteiger partial charge in [-0.25, -0.2) is 5.53 Å². The first-order valence-electron chi connectivity index (χ1n) is 37.2. The monoisotopic (exact) mass is 1700 g/mol. The number of carbonyl (C=O) groups is 4. The van der Waals surface area contributed by atoms with Crippen molar-refractivity contribution >= 4 is 100 Å². The number of carboxylic acids is 1. The van der Waals surface area contributed by atoms with Gasteiger partial charge < -0.3 is 56.5 Å². The molecule has 4 fully saturated rings. The summed E-state index contributed by atoms with van der Waals surface area (Å²) in [6.07, 6.45) is -4.99. The number of esters is 1. The number of hydrazine groups is 1. The Labute approximate surface area is 689 Å². The number of nitrogens with two attached hydrogens (primary N) is 1. The summed E-state index contributed by atoms with van der Waals surface area (Å²) in [4.78, 5) is 81.1. The number of Topliss-reactive ketones (excluding diaryl/α,β-unsaturated/α-hetero) is 2. The molecule has 6 N–H and O–H groups in total. The number of benzene rings is 4. The molecule has 0 unspecified atom stereocenters. The van der Waals surface area contributed by atoms with Gasteiger partial charge in [-0.1, -0.05) is 35.8 Å². The zero-order chi connectivity index (χ0) is 83.9. The van der Waals surface area contributed by atoms with Crippen LogP contribution in [0.5, 0.6) is 0 Å². The van der Waals surface area contributed by atoms with Gasteiger partial charge in [0.1, 0.15) is 11.6 Å². The van der Waals surface area contributed by atoms with Crippen LogP contribution in [0.1, 0.15) is 114 Å². The third-order valence-electron chi connectivity index (χ3n) is 19.7. The average Bonchev–Trinajstić information content (AvgIpc) is 0.788. The number of ketones is 2. The quantitative estimate of drug-likeness (QED) is 0.00956. The van der Waals surface area contributed by atoms with Gasteiger partial charge in [0, 0.05) is 138 Å². The number of likely N-dealkylation sites (N-methyl/N-ethyl adjacent to an activating group) is 1. The SMILES string of the molecule is CC(=O)C1CCNCC1.CCN(C)CCCC(=O)C1CCN(c2ccc(C(F)(F)F)c3ncccc23)CC1.CCN(C)CCN.CCOC(=O)C1CCN(c2ccc(C(F)(F)F)c3ncccc23)CC1.FC(F)(F)c1ccc(Br)c2cccnc12.O=C(O)C1CCN(c2ccc(C(F)(F)F)c3ncccc23)CC1.[N-]=NNNN=O.[Na+]. The van der Waals surface area contributed by atoms with Gasteiger partial charge in [0.2, 0.25) is 0 Å². The van der Waals surface area contributed by atoms with Crippen molar-refractivity contribution in [3.8, 4) is 0 Å². The Kier molecular flexibility index (Phi) is 39.7. The van der Waals surface area contributed by atoms with E-state index in [9.17, 15) is 71.9 Å². The van der Waals surface area contributed by atoms with Gasteiger partial charge in [0.05, 0.1) is 68.0 Å². The number of nitrogens with one attached hydrogen (secondary N) is 3. The number of hydrogen-bond donors (Lipinski definition) is 5. The van der Waals surface area contributed by atoms with Crippen LogP contribution in [0.4, 0.5) is 69.7 Å². The summed E-state index contributed by atoms with van der Waals surface area (Å²) in [5.74, 6) is -0.460. The molecule has 0 bridgehead atoms.